The van der Waals surface area contributed by atoms with E-state index in [1.165, 1.54) is 0 Å². The molecule has 0 saturated carbocycles. The number of benzene rings is 1. The van der Waals surface area contributed by atoms with E-state index in [-0.39, 0.29) is 5.91 Å². The Kier molecular flexibility index (Phi) is 8.28. The van der Waals surface area contributed by atoms with Gasteiger partial charge in [0.05, 0.1) is 0 Å². The predicted molar refractivity (Wildman–Crippen MR) is 104 cm³/mol. The summed E-state index contributed by atoms with van der Waals surface area (Å²) in [5.41, 5.74) is 1.40. The molecule has 0 aliphatic carbocycles. The molecule has 1 aliphatic rings. The van der Waals surface area contributed by atoms with Gasteiger partial charge in [-0.25, -0.2) is 4.79 Å². The van der Waals surface area contributed by atoms with Crippen molar-refractivity contribution in [2.24, 2.45) is 0 Å². The normalized spacial score (nSPS) is 17.1. The summed E-state index contributed by atoms with van der Waals surface area (Å²) >= 11 is 0. The second kappa shape index (κ2) is 9.94. The van der Waals surface area contributed by atoms with E-state index in [4.69, 9.17) is 4.74 Å². The Morgan fingerprint density at radius 2 is 1.78 bits per heavy atom. The highest BCUT2D eigenvalue weighted by Crippen LogP contribution is 2.14. The molecule has 2 atom stereocenters. The summed E-state index contributed by atoms with van der Waals surface area (Å²) in [4.78, 5) is 36.3. The minimum absolute atomic E-state index is 0.242. The summed E-state index contributed by atoms with van der Waals surface area (Å²) in [6, 6.07) is 6.21. The van der Waals surface area contributed by atoms with E-state index in [0.717, 1.165) is 11.1 Å². The smallest absolute Gasteiger partial charge is 0.408 e. The first kappa shape index (κ1) is 22.5. The maximum atomic E-state index is 12.3. The van der Waals surface area contributed by atoms with E-state index in [2.05, 4.69) is 16.0 Å². The molecule has 0 saturated heterocycles. The van der Waals surface area contributed by atoms with Crippen molar-refractivity contribution in [2.75, 3.05) is 0 Å². The highest BCUT2D eigenvalue weighted by Gasteiger charge is 2.28. The van der Waals surface area contributed by atoms with Gasteiger partial charge < -0.3 is 20.7 Å². The molecule has 150 valence electrons. The van der Waals surface area contributed by atoms with E-state index in [9.17, 15) is 14.4 Å². The number of ether oxygens (including phenoxy) is 1. The number of carbonyl (C=O) groups excluding carboxylic acids is 3. The van der Waals surface area contributed by atoms with Crippen LogP contribution in [0.15, 0.2) is 24.3 Å². The molecule has 1 aromatic rings. The molecule has 3 amide bonds. The maximum absolute atomic E-state index is 12.3. The van der Waals surface area contributed by atoms with Crippen LogP contribution in [0.2, 0.25) is 0 Å². The minimum atomic E-state index is -0.818. The molecule has 0 aromatic heterocycles. The molecule has 0 radical (unpaired) electrons. The van der Waals surface area contributed by atoms with Crippen LogP contribution < -0.4 is 16.0 Å². The van der Waals surface area contributed by atoms with Gasteiger partial charge in [0.15, 0.2) is 0 Å². The first-order valence-electron chi connectivity index (χ1n) is 9.30. The van der Waals surface area contributed by atoms with Gasteiger partial charge in [-0.2, -0.15) is 0 Å². The highest BCUT2D eigenvalue weighted by molar-refractivity contribution is 5.91. The lowest BCUT2D eigenvalue weighted by Gasteiger charge is -2.23. The van der Waals surface area contributed by atoms with Gasteiger partial charge in [0.25, 0.3) is 0 Å². The number of amides is 3. The average Bonchev–Trinajstić information content (AvgIpc) is 2.74. The molecule has 2 unspecified atom stereocenters. The Morgan fingerprint density at radius 3 is 2.37 bits per heavy atom. The Bertz CT molecular complexity index is 667. The van der Waals surface area contributed by atoms with Gasteiger partial charge in [-0.1, -0.05) is 38.1 Å². The number of carbonyl (C=O) groups is 3. The summed E-state index contributed by atoms with van der Waals surface area (Å²) in [7, 11) is 0. The number of alkyl carbamates (subject to hydrolysis) is 1. The first-order valence-corrected chi connectivity index (χ1v) is 9.30. The van der Waals surface area contributed by atoms with Gasteiger partial charge >= 0.3 is 6.09 Å². The van der Waals surface area contributed by atoms with Crippen LogP contribution in [0.5, 0.6) is 0 Å². The number of fused-ring (bicyclic) bond motifs is 1. The van der Waals surface area contributed by atoms with Crippen LogP contribution in [0.1, 0.15) is 52.7 Å². The van der Waals surface area contributed by atoms with Crippen molar-refractivity contribution in [2.45, 2.75) is 72.2 Å². The van der Waals surface area contributed by atoms with Crippen LogP contribution in [0, 0.1) is 0 Å². The average molecular weight is 377 g/mol. The summed E-state index contributed by atoms with van der Waals surface area (Å²) < 4.78 is 5.13. The second-order valence-corrected chi connectivity index (χ2v) is 7.12. The molecule has 1 aromatic carbocycles. The fourth-order valence-electron chi connectivity index (χ4n) is 2.51. The molecule has 0 bridgehead atoms. The minimum Gasteiger partial charge on any atom is -0.444 e. The third kappa shape index (κ3) is 7.29. The lowest BCUT2D eigenvalue weighted by atomic mass is 10.0. The van der Waals surface area contributed by atoms with Crippen LogP contribution in [-0.4, -0.2) is 35.6 Å². The summed E-state index contributed by atoms with van der Waals surface area (Å²) in [5, 5.41) is 7.97. The van der Waals surface area contributed by atoms with Gasteiger partial charge in [-0.3, -0.25) is 9.59 Å². The van der Waals surface area contributed by atoms with E-state index < -0.39 is 29.7 Å². The van der Waals surface area contributed by atoms with Gasteiger partial charge in [-0.05, 0) is 38.8 Å². The molecule has 3 N–H and O–H groups in total. The Hall–Kier alpha value is -2.57. The van der Waals surface area contributed by atoms with Gasteiger partial charge in [0, 0.05) is 13.0 Å². The van der Waals surface area contributed by atoms with Crippen molar-refractivity contribution in [3.8, 4) is 0 Å². The SMILES string of the molecule is CC.CC(NC(=O)OC(C)(C)C)C(=O)NC1Cc2ccccc2CNC1=O. The molecular weight excluding hydrogens is 346 g/mol. The quantitative estimate of drug-likeness (QED) is 0.753. The fourth-order valence-corrected chi connectivity index (χ4v) is 2.51. The van der Waals surface area contributed by atoms with Crippen LogP contribution >= 0.6 is 0 Å². The van der Waals surface area contributed by atoms with Crippen molar-refractivity contribution in [1.82, 2.24) is 16.0 Å². The van der Waals surface area contributed by atoms with Gasteiger partial charge in [0.2, 0.25) is 11.8 Å². The fraction of sp³-hybridized carbons (Fsp3) is 0.550. The molecule has 0 spiro atoms. The molecule has 0 fully saturated rings. The third-order valence-electron chi connectivity index (χ3n) is 3.75. The Balaban J connectivity index is 0.00000176. The maximum Gasteiger partial charge on any atom is 0.408 e. The molecule has 2 rings (SSSR count). The molecule has 1 heterocycles. The standard InChI is InChI=1S/C18H25N3O4.C2H6/c1-11(20-17(24)25-18(2,3)4)15(22)21-14-9-12-7-5-6-8-13(12)10-19-16(14)23;1-2/h5-8,11,14H,9-10H2,1-4H3,(H,19,23)(H,20,24)(H,21,22);1-2H3. The van der Waals surface area contributed by atoms with Crippen LogP contribution in [0.3, 0.4) is 0 Å². The van der Waals surface area contributed by atoms with E-state index in [0.29, 0.717) is 13.0 Å². The first-order chi connectivity index (χ1) is 12.7. The zero-order valence-corrected chi connectivity index (χ0v) is 17.0. The van der Waals surface area contributed by atoms with Crippen molar-refractivity contribution < 1.29 is 19.1 Å². The molecule has 1 aliphatic heterocycles. The number of nitrogens with one attached hydrogen (secondary N) is 3. The predicted octanol–water partition coefficient (Wildman–Crippen LogP) is 2.28. The molecule has 27 heavy (non-hydrogen) atoms. The van der Waals surface area contributed by atoms with Gasteiger partial charge in [0.1, 0.15) is 17.7 Å². The van der Waals surface area contributed by atoms with Crippen LogP contribution in [0.4, 0.5) is 4.79 Å². The van der Waals surface area contributed by atoms with E-state index >= 15 is 0 Å². The Labute approximate surface area is 161 Å². The number of rotatable bonds is 3. The van der Waals surface area contributed by atoms with Crippen molar-refractivity contribution in [1.29, 1.82) is 0 Å². The molecular formula is C20H31N3O4. The van der Waals surface area contributed by atoms with E-state index in [1.54, 1.807) is 27.7 Å². The topological polar surface area (TPSA) is 96.5 Å². The highest BCUT2D eigenvalue weighted by atomic mass is 16.6. The Morgan fingerprint density at radius 1 is 1.19 bits per heavy atom. The zero-order chi connectivity index (χ0) is 20.6. The molecule has 7 heteroatoms. The third-order valence-corrected chi connectivity index (χ3v) is 3.75. The number of hydrogen-bond donors (Lipinski definition) is 3. The van der Waals surface area contributed by atoms with Crippen LogP contribution in [-0.2, 0) is 27.3 Å². The van der Waals surface area contributed by atoms with Crippen LogP contribution in [0.25, 0.3) is 0 Å². The summed E-state index contributed by atoms with van der Waals surface area (Å²) in [6.45, 7) is 11.2. The lowest BCUT2D eigenvalue weighted by Crippen LogP contribution is -2.53. The summed E-state index contributed by atoms with van der Waals surface area (Å²) in [6.07, 6.45) is -0.266. The lowest BCUT2D eigenvalue weighted by molar-refractivity contribution is -0.129. The molecule has 7 nitrogen and oxygen atoms in total. The van der Waals surface area contributed by atoms with Crippen molar-refractivity contribution in [3.05, 3.63) is 35.4 Å². The monoisotopic (exact) mass is 377 g/mol. The van der Waals surface area contributed by atoms with E-state index in [1.807, 2.05) is 38.1 Å². The summed E-state index contributed by atoms with van der Waals surface area (Å²) in [5.74, 6) is -0.681. The zero-order valence-electron chi connectivity index (χ0n) is 17.0. The second-order valence-electron chi connectivity index (χ2n) is 7.12. The largest absolute Gasteiger partial charge is 0.444 e. The number of hydrogen-bond acceptors (Lipinski definition) is 4. The van der Waals surface area contributed by atoms with Crippen molar-refractivity contribution in [3.63, 3.8) is 0 Å². The van der Waals surface area contributed by atoms with Gasteiger partial charge in [-0.15, -0.1) is 0 Å². The van der Waals surface area contributed by atoms with Crippen molar-refractivity contribution >= 4 is 17.9 Å².